The predicted molar refractivity (Wildman–Crippen MR) is 62.8 cm³/mol. The second-order valence-corrected chi connectivity index (χ2v) is 3.22. The first-order valence-electron chi connectivity index (χ1n) is 5.44. The summed E-state index contributed by atoms with van der Waals surface area (Å²) >= 11 is 0. The van der Waals surface area contributed by atoms with Crippen LogP contribution >= 0.6 is 0 Å². The number of benzene rings is 1. The number of rotatable bonds is 8. The second kappa shape index (κ2) is 8.55. The van der Waals surface area contributed by atoms with E-state index < -0.39 is 5.97 Å². The molecule has 94 valence electrons. The van der Waals surface area contributed by atoms with Crippen molar-refractivity contribution in [2.24, 2.45) is 5.73 Å². The molecule has 5 nitrogen and oxygen atoms in total. The highest BCUT2D eigenvalue weighted by atomic mass is 16.6. The van der Waals surface area contributed by atoms with E-state index in [0.717, 1.165) is 5.75 Å². The third-order valence-electron chi connectivity index (χ3n) is 1.84. The number of ether oxygens (including phenoxy) is 3. The van der Waals surface area contributed by atoms with Crippen LogP contribution in [0.2, 0.25) is 0 Å². The van der Waals surface area contributed by atoms with Crippen molar-refractivity contribution in [2.75, 3.05) is 33.0 Å². The largest absolute Gasteiger partial charge is 0.490 e. The number of hydrogen-bond donors (Lipinski definition) is 1. The van der Waals surface area contributed by atoms with Gasteiger partial charge in [0.05, 0.1) is 6.61 Å². The van der Waals surface area contributed by atoms with E-state index in [4.69, 9.17) is 19.9 Å². The maximum absolute atomic E-state index is 11.1. The molecule has 0 atom stereocenters. The molecule has 0 aliphatic rings. The molecular weight excluding hydrogens is 222 g/mol. The molecule has 0 bridgehead atoms. The van der Waals surface area contributed by atoms with Crippen molar-refractivity contribution in [2.45, 2.75) is 0 Å². The van der Waals surface area contributed by atoms with Crippen LogP contribution in [0.4, 0.5) is 0 Å². The van der Waals surface area contributed by atoms with Crippen molar-refractivity contribution in [1.29, 1.82) is 0 Å². The molecule has 2 N–H and O–H groups in total. The summed E-state index contributed by atoms with van der Waals surface area (Å²) in [6.45, 7) is 1.22. The van der Waals surface area contributed by atoms with Crippen LogP contribution in [0, 0.1) is 0 Å². The Morgan fingerprint density at radius 3 is 2.59 bits per heavy atom. The van der Waals surface area contributed by atoms with Crippen molar-refractivity contribution in [1.82, 2.24) is 0 Å². The first-order chi connectivity index (χ1) is 8.33. The molecule has 0 saturated carbocycles. The van der Waals surface area contributed by atoms with Crippen LogP contribution in [0.15, 0.2) is 30.3 Å². The molecule has 1 rings (SSSR count). The van der Waals surface area contributed by atoms with Crippen LogP contribution < -0.4 is 10.5 Å². The monoisotopic (exact) mass is 239 g/mol. The summed E-state index contributed by atoms with van der Waals surface area (Å²) < 4.78 is 15.1. The first kappa shape index (κ1) is 13.5. The smallest absolute Gasteiger partial charge is 0.332 e. The normalized spacial score (nSPS) is 9.94. The van der Waals surface area contributed by atoms with Gasteiger partial charge < -0.3 is 19.9 Å². The number of carbonyl (C=O) groups excluding carboxylic acids is 1. The lowest BCUT2D eigenvalue weighted by Crippen LogP contribution is -2.19. The lowest BCUT2D eigenvalue weighted by Gasteiger charge is -2.07. The third kappa shape index (κ3) is 6.55. The van der Waals surface area contributed by atoms with Gasteiger partial charge in [0.2, 0.25) is 0 Å². The molecule has 0 amide bonds. The molecule has 0 fully saturated rings. The number of esters is 1. The summed E-state index contributed by atoms with van der Waals surface area (Å²) in [5.41, 5.74) is 5.20. The summed E-state index contributed by atoms with van der Waals surface area (Å²) in [5.74, 6) is 0.345. The van der Waals surface area contributed by atoms with Gasteiger partial charge in [-0.25, -0.2) is 4.79 Å². The van der Waals surface area contributed by atoms with E-state index in [2.05, 4.69) is 0 Å². The zero-order valence-electron chi connectivity index (χ0n) is 9.63. The van der Waals surface area contributed by atoms with E-state index >= 15 is 0 Å². The van der Waals surface area contributed by atoms with Gasteiger partial charge in [0, 0.05) is 6.54 Å². The van der Waals surface area contributed by atoms with Gasteiger partial charge in [-0.1, -0.05) is 18.2 Å². The summed E-state index contributed by atoms with van der Waals surface area (Å²) in [4.78, 5) is 11.1. The number of nitrogens with two attached hydrogens (primary N) is 1. The lowest BCUT2D eigenvalue weighted by atomic mass is 10.3. The number of hydrogen-bond acceptors (Lipinski definition) is 5. The van der Waals surface area contributed by atoms with Crippen molar-refractivity contribution in [3.8, 4) is 5.75 Å². The molecule has 1 aromatic carbocycles. The molecule has 17 heavy (non-hydrogen) atoms. The molecule has 0 heterocycles. The molecule has 0 radical (unpaired) electrons. The fraction of sp³-hybridized carbons (Fsp3) is 0.417. The van der Waals surface area contributed by atoms with Crippen LogP contribution in [0.3, 0.4) is 0 Å². The molecule has 5 heteroatoms. The Bertz CT molecular complexity index is 316. The Morgan fingerprint density at radius 1 is 1.12 bits per heavy atom. The van der Waals surface area contributed by atoms with Crippen molar-refractivity contribution in [3.05, 3.63) is 30.3 Å². The number of carbonyl (C=O) groups is 1. The molecule has 0 unspecified atom stereocenters. The highest BCUT2D eigenvalue weighted by molar-refractivity contribution is 5.70. The van der Waals surface area contributed by atoms with Gasteiger partial charge in [-0.05, 0) is 12.1 Å². The Balaban J connectivity index is 2.02. The SMILES string of the molecule is NCCOCC(=O)OCCOc1ccccc1. The predicted octanol–water partition coefficient (Wildman–Crippen LogP) is 0.584. The van der Waals surface area contributed by atoms with E-state index in [-0.39, 0.29) is 13.2 Å². The minimum atomic E-state index is -0.407. The average molecular weight is 239 g/mol. The standard InChI is InChI=1S/C12H17NO4/c13-6-7-15-10-12(14)17-9-8-16-11-4-2-1-3-5-11/h1-5H,6-10,13H2. The first-order valence-corrected chi connectivity index (χ1v) is 5.44. The van der Waals surface area contributed by atoms with Crippen LogP contribution in [-0.4, -0.2) is 38.9 Å². The highest BCUT2D eigenvalue weighted by Crippen LogP contribution is 2.07. The summed E-state index contributed by atoms with van der Waals surface area (Å²) in [7, 11) is 0. The van der Waals surface area contributed by atoms with Crippen LogP contribution in [0.1, 0.15) is 0 Å². The maximum atomic E-state index is 11.1. The van der Waals surface area contributed by atoms with Crippen molar-refractivity contribution in [3.63, 3.8) is 0 Å². The zero-order chi connectivity index (χ0) is 12.3. The van der Waals surface area contributed by atoms with Crippen LogP contribution in [-0.2, 0) is 14.3 Å². The molecule has 0 saturated heterocycles. The molecule has 0 aliphatic carbocycles. The Kier molecular flexibility index (Phi) is 6.78. The quantitative estimate of drug-likeness (QED) is 0.531. The third-order valence-corrected chi connectivity index (χ3v) is 1.84. The fourth-order valence-corrected chi connectivity index (χ4v) is 1.11. The minimum absolute atomic E-state index is 0.0669. The van der Waals surface area contributed by atoms with Gasteiger partial charge >= 0.3 is 5.97 Å². The van der Waals surface area contributed by atoms with Gasteiger partial charge in [-0.3, -0.25) is 0 Å². The van der Waals surface area contributed by atoms with E-state index in [1.54, 1.807) is 0 Å². The Morgan fingerprint density at radius 2 is 1.88 bits per heavy atom. The van der Waals surface area contributed by atoms with E-state index in [9.17, 15) is 4.79 Å². The van der Waals surface area contributed by atoms with Crippen LogP contribution in [0.5, 0.6) is 5.75 Å². The van der Waals surface area contributed by atoms with Gasteiger partial charge in [-0.15, -0.1) is 0 Å². The lowest BCUT2D eigenvalue weighted by molar-refractivity contribution is -0.149. The molecule has 0 aliphatic heterocycles. The fourth-order valence-electron chi connectivity index (χ4n) is 1.11. The van der Waals surface area contributed by atoms with Gasteiger partial charge in [-0.2, -0.15) is 0 Å². The molecule has 0 spiro atoms. The van der Waals surface area contributed by atoms with Gasteiger partial charge in [0.1, 0.15) is 25.6 Å². The van der Waals surface area contributed by atoms with Gasteiger partial charge in [0.15, 0.2) is 0 Å². The number of para-hydroxylation sites is 1. The van der Waals surface area contributed by atoms with Crippen LogP contribution in [0.25, 0.3) is 0 Å². The van der Waals surface area contributed by atoms with E-state index in [1.807, 2.05) is 30.3 Å². The minimum Gasteiger partial charge on any atom is -0.490 e. The van der Waals surface area contributed by atoms with Crippen molar-refractivity contribution < 1.29 is 19.0 Å². The molecule has 1 aromatic rings. The summed E-state index contributed by atoms with van der Waals surface area (Å²) in [5, 5.41) is 0. The van der Waals surface area contributed by atoms with Crippen molar-refractivity contribution >= 4 is 5.97 Å². The van der Waals surface area contributed by atoms with Gasteiger partial charge in [0.25, 0.3) is 0 Å². The second-order valence-electron chi connectivity index (χ2n) is 3.22. The molecule has 0 aromatic heterocycles. The topological polar surface area (TPSA) is 70.8 Å². The maximum Gasteiger partial charge on any atom is 0.332 e. The summed E-state index contributed by atoms with van der Waals surface area (Å²) in [6, 6.07) is 9.34. The Hall–Kier alpha value is -1.59. The summed E-state index contributed by atoms with van der Waals surface area (Å²) in [6.07, 6.45) is 0. The average Bonchev–Trinajstić information content (AvgIpc) is 2.36. The Labute approximate surface area is 100 Å². The highest BCUT2D eigenvalue weighted by Gasteiger charge is 2.02. The van der Waals surface area contributed by atoms with E-state index in [0.29, 0.717) is 19.8 Å². The van der Waals surface area contributed by atoms with E-state index in [1.165, 1.54) is 0 Å². The molecular formula is C12H17NO4. The zero-order valence-corrected chi connectivity index (χ0v) is 9.63.